The molecule has 24 heavy (non-hydrogen) atoms. The normalized spacial score (nSPS) is 10.6. The van der Waals surface area contributed by atoms with E-state index < -0.39 is 5.82 Å². The van der Waals surface area contributed by atoms with E-state index in [1.54, 1.807) is 24.4 Å². The first-order chi connectivity index (χ1) is 11.6. The van der Waals surface area contributed by atoms with Crippen molar-refractivity contribution in [2.75, 3.05) is 19.0 Å². The Morgan fingerprint density at radius 3 is 2.88 bits per heavy atom. The molecule has 0 spiro atoms. The van der Waals surface area contributed by atoms with Crippen molar-refractivity contribution in [1.82, 2.24) is 20.3 Å². The van der Waals surface area contributed by atoms with E-state index in [4.69, 9.17) is 4.74 Å². The monoisotopic (exact) mass is 329 g/mol. The zero-order valence-corrected chi connectivity index (χ0v) is 13.2. The number of nitrogens with zero attached hydrogens (tertiary/aromatic N) is 2. The molecule has 0 saturated heterocycles. The summed E-state index contributed by atoms with van der Waals surface area (Å²) in [6, 6.07) is 6.12. The first kappa shape index (κ1) is 15.7. The predicted octanol–water partition coefficient (Wildman–Crippen LogP) is 2.91. The highest BCUT2D eigenvalue weighted by molar-refractivity contribution is 5.89. The van der Waals surface area contributed by atoms with E-state index in [9.17, 15) is 9.18 Å². The minimum atomic E-state index is -0.446. The molecule has 0 radical (unpaired) electrons. The maximum atomic E-state index is 13.9. The maximum Gasteiger partial charge on any atom is 0.321 e. The zero-order valence-electron chi connectivity index (χ0n) is 13.2. The second-order valence-corrected chi connectivity index (χ2v) is 5.01. The highest BCUT2D eigenvalue weighted by Crippen LogP contribution is 2.26. The molecular formula is C16H16FN5O2. The SMILES string of the molecule is CCNC(=O)Nc1nc2ncc(-c3ccc(OC)c(F)c3)cc2[nH]1. The smallest absolute Gasteiger partial charge is 0.321 e. The summed E-state index contributed by atoms with van der Waals surface area (Å²) in [4.78, 5) is 22.9. The van der Waals surface area contributed by atoms with Gasteiger partial charge >= 0.3 is 6.03 Å². The molecule has 3 rings (SSSR count). The average molecular weight is 329 g/mol. The van der Waals surface area contributed by atoms with Crippen molar-refractivity contribution >= 4 is 23.1 Å². The van der Waals surface area contributed by atoms with Crippen molar-refractivity contribution < 1.29 is 13.9 Å². The van der Waals surface area contributed by atoms with Gasteiger partial charge in [0.15, 0.2) is 17.2 Å². The van der Waals surface area contributed by atoms with Gasteiger partial charge in [-0.1, -0.05) is 6.07 Å². The Kier molecular flexibility index (Phi) is 4.28. The molecule has 0 aliphatic carbocycles. The van der Waals surface area contributed by atoms with Gasteiger partial charge in [-0.3, -0.25) is 5.32 Å². The molecule has 7 nitrogen and oxygen atoms in total. The number of halogens is 1. The Bertz CT molecular complexity index is 893. The number of fused-ring (bicyclic) bond motifs is 1. The number of carbonyl (C=O) groups excluding carboxylic acids is 1. The summed E-state index contributed by atoms with van der Waals surface area (Å²) in [6.45, 7) is 2.33. The second kappa shape index (κ2) is 6.53. The van der Waals surface area contributed by atoms with Crippen LogP contribution in [-0.2, 0) is 0 Å². The van der Waals surface area contributed by atoms with Crippen LogP contribution in [0.3, 0.4) is 0 Å². The number of pyridine rings is 1. The summed E-state index contributed by atoms with van der Waals surface area (Å²) in [5, 5.41) is 5.19. The molecule has 8 heteroatoms. The second-order valence-electron chi connectivity index (χ2n) is 5.01. The first-order valence-electron chi connectivity index (χ1n) is 7.35. The number of nitrogens with one attached hydrogen (secondary N) is 3. The molecule has 3 N–H and O–H groups in total. The topological polar surface area (TPSA) is 91.9 Å². The van der Waals surface area contributed by atoms with E-state index in [0.717, 1.165) is 5.56 Å². The van der Waals surface area contributed by atoms with Crippen molar-refractivity contribution in [3.8, 4) is 16.9 Å². The zero-order chi connectivity index (χ0) is 17.1. The van der Waals surface area contributed by atoms with E-state index in [0.29, 0.717) is 29.2 Å². The number of amides is 2. The fourth-order valence-electron chi connectivity index (χ4n) is 2.28. The number of aromatic amines is 1. The fraction of sp³-hybridized carbons (Fsp3) is 0.188. The molecule has 2 amide bonds. The minimum Gasteiger partial charge on any atom is -0.494 e. The molecule has 2 heterocycles. The van der Waals surface area contributed by atoms with Crippen LogP contribution in [0, 0.1) is 5.82 Å². The van der Waals surface area contributed by atoms with Gasteiger partial charge in [0.05, 0.1) is 12.6 Å². The number of H-pyrrole nitrogens is 1. The number of imidazole rings is 1. The van der Waals surface area contributed by atoms with Gasteiger partial charge in [0.2, 0.25) is 5.95 Å². The molecule has 0 saturated carbocycles. The van der Waals surface area contributed by atoms with Crippen molar-refractivity contribution in [3.63, 3.8) is 0 Å². The Balaban J connectivity index is 1.91. The summed E-state index contributed by atoms with van der Waals surface area (Å²) in [5.41, 5.74) is 2.47. The molecule has 1 aromatic carbocycles. The highest BCUT2D eigenvalue weighted by Gasteiger charge is 2.10. The van der Waals surface area contributed by atoms with Gasteiger partial charge in [0.25, 0.3) is 0 Å². The molecule has 2 aromatic heterocycles. The number of hydrogen-bond acceptors (Lipinski definition) is 4. The van der Waals surface area contributed by atoms with Crippen LogP contribution in [-0.4, -0.2) is 34.6 Å². The molecule has 0 aliphatic rings. The number of rotatable bonds is 4. The van der Waals surface area contributed by atoms with E-state index in [1.165, 1.54) is 13.2 Å². The maximum absolute atomic E-state index is 13.9. The van der Waals surface area contributed by atoms with Crippen LogP contribution in [0.15, 0.2) is 30.5 Å². The van der Waals surface area contributed by atoms with Gasteiger partial charge in [0, 0.05) is 18.3 Å². The lowest BCUT2D eigenvalue weighted by atomic mass is 10.1. The van der Waals surface area contributed by atoms with E-state index >= 15 is 0 Å². The summed E-state index contributed by atoms with van der Waals surface area (Å²) in [7, 11) is 1.42. The van der Waals surface area contributed by atoms with Crippen LogP contribution in [0.4, 0.5) is 15.1 Å². The van der Waals surface area contributed by atoms with E-state index in [2.05, 4.69) is 25.6 Å². The fourth-order valence-corrected chi connectivity index (χ4v) is 2.28. The highest BCUT2D eigenvalue weighted by atomic mass is 19.1. The van der Waals surface area contributed by atoms with E-state index in [1.807, 2.05) is 6.92 Å². The van der Waals surface area contributed by atoms with Gasteiger partial charge < -0.3 is 15.0 Å². The van der Waals surface area contributed by atoms with Crippen molar-refractivity contribution in [1.29, 1.82) is 0 Å². The van der Waals surface area contributed by atoms with E-state index in [-0.39, 0.29) is 11.8 Å². The lowest BCUT2D eigenvalue weighted by Gasteiger charge is -2.05. The first-order valence-corrected chi connectivity index (χ1v) is 7.35. The molecule has 0 bridgehead atoms. The number of ether oxygens (including phenoxy) is 1. The Labute approximate surface area is 137 Å². The number of hydrogen-bond donors (Lipinski definition) is 3. The molecule has 0 atom stereocenters. The number of anilines is 1. The third-order valence-electron chi connectivity index (χ3n) is 3.39. The van der Waals surface area contributed by atoms with Gasteiger partial charge in [-0.05, 0) is 30.7 Å². The van der Waals surface area contributed by atoms with Gasteiger partial charge in [-0.25, -0.2) is 14.2 Å². The Hall–Kier alpha value is -3.16. The van der Waals surface area contributed by atoms with Crippen LogP contribution < -0.4 is 15.4 Å². The third kappa shape index (κ3) is 3.12. The van der Waals surface area contributed by atoms with Crippen LogP contribution in [0.2, 0.25) is 0 Å². The quantitative estimate of drug-likeness (QED) is 0.686. The van der Waals surface area contributed by atoms with Gasteiger partial charge in [-0.2, -0.15) is 4.98 Å². The van der Waals surface area contributed by atoms with Crippen LogP contribution in [0.5, 0.6) is 5.75 Å². The molecule has 124 valence electrons. The average Bonchev–Trinajstić information content (AvgIpc) is 2.96. The van der Waals surface area contributed by atoms with Crippen molar-refractivity contribution in [2.45, 2.75) is 6.92 Å². The Morgan fingerprint density at radius 1 is 1.33 bits per heavy atom. The number of carbonyl (C=O) groups is 1. The van der Waals surface area contributed by atoms with Crippen LogP contribution >= 0.6 is 0 Å². The standard InChI is InChI=1S/C16H16FN5O2/c1-3-18-16(23)22-15-20-12-7-10(8-19-14(12)21-15)9-4-5-13(24-2)11(17)6-9/h4-8H,3H2,1-2H3,(H3,18,19,20,21,22,23). The summed E-state index contributed by atoms with van der Waals surface area (Å²) < 4.78 is 18.8. The third-order valence-corrected chi connectivity index (χ3v) is 3.39. The molecule has 3 aromatic rings. The summed E-state index contributed by atoms with van der Waals surface area (Å²) >= 11 is 0. The molecule has 0 aliphatic heterocycles. The van der Waals surface area contributed by atoms with Gasteiger partial charge in [0.1, 0.15) is 0 Å². The number of urea groups is 1. The number of aromatic nitrogens is 3. The summed E-state index contributed by atoms with van der Waals surface area (Å²) in [6.07, 6.45) is 1.60. The van der Waals surface area contributed by atoms with Gasteiger partial charge in [-0.15, -0.1) is 0 Å². The molecule has 0 unspecified atom stereocenters. The lowest BCUT2D eigenvalue weighted by molar-refractivity contribution is 0.252. The summed E-state index contributed by atoms with van der Waals surface area (Å²) in [5.74, 6) is 0.0301. The predicted molar refractivity (Wildman–Crippen MR) is 88.5 cm³/mol. The molecule has 0 fully saturated rings. The number of methoxy groups -OCH3 is 1. The van der Waals surface area contributed by atoms with Crippen LogP contribution in [0.25, 0.3) is 22.3 Å². The van der Waals surface area contributed by atoms with Crippen LogP contribution in [0.1, 0.15) is 6.92 Å². The minimum absolute atomic E-state index is 0.183. The number of benzene rings is 1. The van der Waals surface area contributed by atoms with Crippen molar-refractivity contribution in [2.24, 2.45) is 0 Å². The van der Waals surface area contributed by atoms with Crippen molar-refractivity contribution in [3.05, 3.63) is 36.3 Å². The molecular weight excluding hydrogens is 313 g/mol. The largest absolute Gasteiger partial charge is 0.494 e. The Morgan fingerprint density at radius 2 is 2.17 bits per heavy atom. The lowest BCUT2D eigenvalue weighted by Crippen LogP contribution is -2.28.